The first kappa shape index (κ1) is 13.9. The van der Waals surface area contributed by atoms with Gasteiger partial charge in [0.1, 0.15) is 5.82 Å². The molecule has 1 fully saturated rings. The number of hydrogen-bond acceptors (Lipinski definition) is 3. The van der Waals surface area contributed by atoms with Gasteiger partial charge in [0.25, 0.3) is 0 Å². The lowest BCUT2D eigenvalue weighted by Gasteiger charge is -2.28. The van der Waals surface area contributed by atoms with Crippen molar-refractivity contribution in [1.29, 1.82) is 0 Å². The number of fused-ring (bicyclic) bond motifs is 1. The molecule has 3 rings (SSSR count). The second-order valence-electron chi connectivity index (χ2n) is 5.76. The Balaban J connectivity index is 1.69. The minimum Gasteiger partial charge on any atom is -0.481 e. The Morgan fingerprint density at radius 2 is 2.00 bits per heavy atom. The van der Waals surface area contributed by atoms with Crippen LogP contribution in [-0.2, 0) is 4.79 Å². The van der Waals surface area contributed by atoms with E-state index in [0.717, 1.165) is 42.4 Å². The van der Waals surface area contributed by atoms with Crippen LogP contribution in [0.2, 0.25) is 0 Å². The summed E-state index contributed by atoms with van der Waals surface area (Å²) in [4.78, 5) is 15.9. The summed E-state index contributed by atoms with van der Waals surface area (Å²) in [7, 11) is 0. The molecule has 0 amide bonds. The zero-order valence-corrected chi connectivity index (χ0v) is 12.0. The highest BCUT2D eigenvalue weighted by Gasteiger charge is 2.30. The van der Waals surface area contributed by atoms with E-state index < -0.39 is 5.97 Å². The summed E-state index contributed by atoms with van der Waals surface area (Å²) in [6.07, 6.45) is 3.94. The molecule has 2 aromatic rings. The summed E-state index contributed by atoms with van der Waals surface area (Å²) in [5, 5.41) is 13.7. The molecule has 1 saturated carbocycles. The minimum atomic E-state index is -0.659. The Morgan fingerprint density at radius 1 is 1.19 bits per heavy atom. The molecule has 0 saturated heterocycles. The number of aromatic nitrogens is 1. The quantitative estimate of drug-likeness (QED) is 0.901. The predicted molar refractivity (Wildman–Crippen MR) is 83.3 cm³/mol. The van der Waals surface area contributed by atoms with E-state index in [2.05, 4.69) is 10.3 Å². The highest BCUT2D eigenvalue weighted by atomic mass is 16.4. The lowest BCUT2D eigenvalue weighted by molar-refractivity contribution is -0.144. The van der Waals surface area contributed by atoms with Gasteiger partial charge in [0.15, 0.2) is 0 Å². The maximum absolute atomic E-state index is 11.3. The summed E-state index contributed by atoms with van der Waals surface area (Å²) in [5.41, 5.74) is 0.959. The molecule has 2 unspecified atom stereocenters. The van der Waals surface area contributed by atoms with Crippen molar-refractivity contribution in [2.24, 2.45) is 11.8 Å². The summed E-state index contributed by atoms with van der Waals surface area (Å²) >= 11 is 0. The minimum absolute atomic E-state index is 0.199. The maximum Gasteiger partial charge on any atom is 0.306 e. The van der Waals surface area contributed by atoms with Gasteiger partial charge in [-0.15, -0.1) is 0 Å². The van der Waals surface area contributed by atoms with Gasteiger partial charge in [-0.25, -0.2) is 4.98 Å². The van der Waals surface area contributed by atoms with Crippen LogP contribution in [0.1, 0.15) is 25.7 Å². The molecular weight excluding hydrogens is 264 g/mol. The average molecular weight is 284 g/mol. The van der Waals surface area contributed by atoms with Gasteiger partial charge in [-0.3, -0.25) is 4.79 Å². The molecule has 1 aromatic heterocycles. The third-order valence-corrected chi connectivity index (χ3v) is 4.37. The number of carboxylic acids is 1. The number of nitrogens with one attached hydrogen (secondary N) is 1. The molecular formula is C17H20N2O2. The van der Waals surface area contributed by atoms with E-state index in [1.54, 1.807) is 0 Å². The van der Waals surface area contributed by atoms with Crippen molar-refractivity contribution >= 4 is 22.7 Å². The number of carbonyl (C=O) groups is 1. The second kappa shape index (κ2) is 6.12. The van der Waals surface area contributed by atoms with E-state index in [-0.39, 0.29) is 11.8 Å². The van der Waals surface area contributed by atoms with Crippen LogP contribution < -0.4 is 5.32 Å². The average Bonchev–Trinajstić information content (AvgIpc) is 2.53. The number of anilines is 1. The second-order valence-corrected chi connectivity index (χ2v) is 5.76. The molecule has 2 N–H and O–H groups in total. The number of pyridine rings is 1. The van der Waals surface area contributed by atoms with Crippen LogP contribution in [0.5, 0.6) is 0 Å². The first-order valence-electron chi connectivity index (χ1n) is 7.56. The third-order valence-electron chi connectivity index (χ3n) is 4.37. The number of nitrogens with zero attached hydrogens (tertiary/aromatic N) is 1. The van der Waals surface area contributed by atoms with E-state index in [9.17, 15) is 9.90 Å². The molecule has 0 radical (unpaired) electrons. The van der Waals surface area contributed by atoms with Gasteiger partial charge in [-0.1, -0.05) is 31.0 Å². The standard InChI is InChI=1S/C17H20N2O2/c20-17(21)14-7-3-1-6-13(14)11-18-16-10-9-12-5-2-4-8-15(12)19-16/h2,4-5,8-10,13-14H,1,3,6-7,11H2,(H,18,19)(H,20,21). The van der Waals surface area contributed by atoms with Crippen LogP contribution in [-0.4, -0.2) is 22.6 Å². The molecule has 1 aliphatic rings. The van der Waals surface area contributed by atoms with Gasteiger partial charge in [0.05, 0.1) is 11.4 Å². The van der Waals surface area contributed by atoms with E-state index in [4.69, 9.17) is 0 Å². The molecule has 21 heavy (non-hydrogen) atoms. The van der Waals surface area contributed by atoms with Gasteiger partial charge >= 0.3 is 5.97 Å². The van der Waals surface area contributed by atoms with Crippen molar-refractivity contribution in [2.75, 3.05) is 11.9 Å². The summed E-state index contributed by atoms with van der Waals surface area (Å²) in [6, 6.07) is 12.0. The van der Waals surface area contributed by atoms with Gasteiger partial charge in [0, 0.05) is 11.9 Å². The fourth-order valence-electron chi connectivity index (χ4n) is 3.18. The van der Waals surface area contributed by atoms with E-state index in [1.165, 1.54) is 0 Å². The van der Waals surface area contributed by atoms with Crippen LogP contribution in [0, 0.1) is 11.8 Å². The first-order valence-corrected chi connectivity index (χ1v) is 7.56. The summed E-state index contributed by atoms with van der Waals surface area (Å²) < 4.78 is 0. The van der Waals surface area contributed by atoms with Crippen molar-refractivity contribution in [3.8, 4) is 0 Å². The Labute approximate surface area is 124 Å². The van der Waals surface area contributed by atoms with E-state index in [1.807, 2.05) is 36.4 Å². The number of para-hydroxylation sites is 1. The molecule has 4 nitrogen and oxygen atoms in total. The van der Waals surface area contributed by atoms with Crippen LogP contribution in [0.4, 0.5) is 5.82 Å². The topological polar surface area (TPSA) is 62.2 Å². The van der Waals surface area contributed by atoms with Crippen molar-refractivity contribution in [3.63, 3.8) is 0 Å². The zero-order chi connectivity index (χ0) is 14.7. The number of rotatable bonds is 4. The number of carboxylic acid groups (broad SMARTS) is 1. The maximum atomic E-state index is 11.3. The normalized spacial score (nSPS) is 22.1. The molecule has 1 aliphatic carbocycles. The molecule has 2 atom stereocenters. The summed E-state index contributed by atoms with van der Waals surface area (Å²) in [5.74, 6) is 0.146. The highest BCUT2D eigenvalue weighted by Crippen LogP contribution is 2.30. The lowest BCUT2D eigenvalue weighted by Crippen LogP contribution is -2.31. The third kappa shape index (κ3) is 3.15. The summed E-state index contributed by atoms with van der Waals surface area (Å²) in [6.45, 7) is 0.683. The Kier molecular flexibility index (Phi) is 4.04. The highest BCUT2D eigenvalue weighted by molar-refractivity contribution is 5.80. The van der Waals surface area contributed by atoms with Gasteiger partial charge in [0.2, 0.25) is 0 Å². The van der Waals surface area contributed by atoms with Crippen molar-refractivity contribution in [1.82, 2.24) is 4.98 Å². The molecule has 4 heteroatoms. The largest absolute Gasteiger partial charge is 0.481 e. The molecule has 0 bridgehead atoms. The van der Waals surface area contributed by atoms with Gasteiger partial charge in [-0.05, 0) is 37.0 Å². The Hall–Kier alpha value is -2.10. The number of aliphatic carboxylic acids is 1. The fourth-order valence-corrected chi connectivity index (χ4v) is 3.18. The van der Waals surface area contributed by atoms with Gasteiger partial charge < -0.3 is 10.4 Å². The van der Waals surface area contributed by atoms with Crippen molar-refractivity contribution in [2.45, 2.75) is 25.7 Å². The number of benzene rings is 1. The Bertz CT molecular complexity index is 641. The molecule has 1 aromatic carbocycles. The monoisotopic (exact) mass is 284 g/mol. The van der Waals surface area contributed by atoms with E-state index in [0.29, 0.717) is 6.54 Å². The van der Waals surface area contributed by atoms with Crippen LogP contribution in [0.15, 0.2) is 36.4 Å². The fraction of sp³-hybridized carbons (Fsp3) is 0.412. The molecule has 110 valence electrons. The van der Waals surface area contributed by atoms with E-state index >= 15 is 0 Å². The smallest absolute Gasteiger partial charge is 0.306 e. The zero-order valence-electron chi connectivity index (χ0n) is 12.0. The van der Waals surface area contributed by atoms with Gasteiger partial charge in [-0.2, -0.15) is 0 Å². The molecule has 0 spiro atoms. The SMILES string of the molecule is O=C(O)C1CCCCC1CNc1ccc2ccccc2n1. The van der Waals surface area contributed by atoms with Crippen molar-refractivity contribution < 1.29 is 9.90 Å². The predicted octanol–water partition coefficient (Wildman–Crippen LogP) is 3.54. The number of hydrogen-bond donors (Lipinski definition) is 2. The lowest BCUT2D eigenvalue weighted by atomic mass is 9.79. The van der Waals surface area contributed by atoms with Crippen LogP contribution >= 0.6 is 0 Å². The molecule has 0 aliphatic heterocycles. The van der Waals surface area contributed by atoms with Crippen LogP contribution in [0.25, 0.3) is 10.9 Å². The van der Waals surface area contributed by atoms with Crippen molar-refractivity contribution in [3.05, 3.63) is 36.4 Å². The Morgan fingerprint density at radius 3 is 2.86 bits per heavy atom. The van der Waals surface area contributed by atoms with Crippen LogP contribution in [0.3, 0.4) is 0 Å². The first-order chi connectivity index (χ1) is 10.2. The molecule has 1 heterocycles.